The fourth-order valence-corrected chi connectivity index (χ4v) is 1.95. The third-order valence-corrected chi connectivity index (χ3v) is 3.00. The molecule has 130 valence electrons. The Kier molecular flexibility index (Phi) is 5.97. The van der Waals surface area contributed by atoms with Crippen molar-refractivity contribution in [2.75, 3.05) is 18.4 Å². The van der Waals surface area contributed by atoms with Gasteiger partial charge in [-0.2, -0.15) is 0 Å². The van der Waals surface area contributed by atoms with Crippen molar-refractivity contribution in [3.8, 4) is 0 Å². The molecule has 0 saturated heterocycles. The summed E-state index contributed by atoms with van der Waals surface area (Å²) in [7, 11) is 0. The average molecular weight is 328 g/mol. The van der Waals surface area contributed by atoms with Crippen molar-refractivity contribution >= 4 is 11.8 Å². The molecule has 6 heteroatoms. The SMILES string of the molecule is CC(C)(C)OC(=O)N(CCNc1cc(F)ccc1F)C(C)(C)C. The van der Waals surface area contributed by atoms with Crippen LogP contribution in [0.3, 0.4) is 0 Å². The van der Waals surface area contributed by atoms with Gasteiger partial charge in [-0.1, -0.05) is 0 Å². The fraction of sp³-hybridized carbons (Fsp3) is 0.588. The van der Waals surface area contributed by atoms with Crippen molar-refractivity contribution in [3.63, 3.8) is 0 Å². The molecule has 4 nitrogen and oxygen atoms in total. The predicted octanol–water partition coefficient (Wildman–Crippen LogP) is 4.41. The van der Waals surface area contributed by atoms with E-state index >= 15 is 0 Å². The quantitative estimate of drug-likeness (QED) is 0.890. The highest BCUT2D eigenvalue weighted by atomic mass is 19.1. The molecule has 0 heterocycles. The van der Waals surface area contributed by atoms with E-state index in [2.05, 4.69) is 5.32 Å². The summed E-state index contributed by atoms with van der Waals surface area (Å²) in [5.74, 6) is -1.06. The van der Waals surface area contributed by atoms with Crippen LogP contribution in [0.4, 0.5) is 19.3 Å². The van der Waals surface area contributed by atoms with Crippen LogP contribution in [-0.2, 0) is 4.74 Å². The molecule has 1 N–H and O–H groups in total. The number of anilines is 1. The zero-order chi connectivity index (χ0) is 17.8. The minimum Gasteiger partial charge on any atom is -0.444 e. The van der Waals surface area contributed by atoms with Crippen LogP contribution in [0.15, 0.2) is 18.2 Å². The first-order valence-corrected chi connectivity index (χ1v) is 7.60. The molecule has 0 radical (unpaired) electrons. The first-order valence-electron chi connectivity index (χ1n) is 7.60. The van der Waals surface area contributed by atoms with Crippen LogP contribution >= 0.6 is 0 Å². The molecule has 0 saturated carbocycles. The third-order valence-electron chi connectivity index (χ3n) is 3.00. The molecule has 1 amide bonds. The molecule has 0 fully saturated rings. The van der Waals surface area contributed by atoms with E-state index in [1.807, 2.05) is 20.8 Å². The molecule has 1 aromatic carbocycles. The van der Waals surface area contributed by atoms with Gasteiger partial charge in [0.25, 0.3) is 0 Å². The Morgan fingerprint density at radius 2 is 1.78 bits per heavy atom. The second kappa shape index (κ2) is 7.15. The van der Waals surface area contributed by atoms with Gasteiger partial charge >= 0.3 is 6.09 Å². The van der Waals surface area contributed by atoms with Gasteiger partial charge in [0.2, 0.25) is 0 Å². The van der Waals surface area contributed by atoms with Crippen LogP contribution in [0.5, 0.6) is 0 Å². The number of nitrogens with zero attached hydrogens (tertiary/aromatic N) is 1. The maximum atomic E-state index is 13.6. The highest BCUT2D eigenvalue weighted by Crippen LogP contribution is 2.19. The van der Waals surface area contributed by atoms with Crippen LogP contribution in [0.2, 0.25) is 0 Å². The Bertz CT molecular complexity index is 549. The predicted molar refractivity (Wildman–Crippen MR) is 87.5 cm³/mol. The summed E-state index contributed by atoms with van der Waals surface area (Å²) >= 11 is 0. The van der Waals surface area contributed by atoms with Crippen molar-refractivity contribution in [1.82, 2.24) is 4.90 Å². The van der Waals surface area contributed by atoms with E-state index in [1.165, 1.54) is 0 Å². The number of halogens is 2. The fourth-order valence-electron chi connectivity index (χ4n) is 1.95. The highest BCUT2D eigenvalue weighted by molar-refractivity contribution is 5.69. The number of carbonyl (C=O) groups excluding carboxylic acids is 1. The second-order valence-electron chi connectivity index (χ2n) is 7.35. The minimum absolute atomic E-state index is 0.0723. The molecule has 0 bridgehead atoms. The van der Waals surface area contributed by atoms with Crippen LogP contribution in [0.1, 0.15) is 41.5 Å². The molecule has 1 aromatic rings. The average Bonchev–Trinajstić information content (AvgIpc) is 2.34. The number of hydrogen-bond acceptors (Lipinski definition) is 3. The largest absolute Gasteiger partial charge is 0.444 e. The number of ether oxygens (including phenoxy) is 1. The molecule has 0 unspecified atom stereocenters. The number of carbonyl (C=O) groups is 1. The summed E-state index contributed by atoms with van der Waals surface area (Å²) in [4.78, 5) is 13.9. The van der Waals surface area contributed by atoms with Crippen molar-refractivity contribution < 1.29 is 18.3 Å². The molecule has 0 aromatic heterocycles. The molecule has 0 atom stereocenters. The topological polar surface area (TPSA) is 41.6 Å². The van der Waals surface area contributed by atoms with Crippen LogP contribution in [0.25, 0.3) is 0 Å². The van der Waals surface area contributed by atoms with Gasteiger partial charge in [-0.25, -0.2) is 13.6 Å². The summed E-state index contributed by atoms with van der Waals surface area (Å²) < 4.78 is 32.1. The monoisotopic (exact) mass is 328 g/mol. The van der Waals surface area contributed by atoms with E-state index < -0.39 is 28.9 Å². The van der Waals surface area contributed by atoms with Crippen LogP contribution in [-0.4, -0.2) is 35.2 Å². The van der Waals surface area contributed by atoms with E-state index in [9.17, 15) is 13.6 Å². The van der Waals surface area contributed by atoms with Gasteiger partial charge < -0.3 is 15.0 Å². The van der Waals surface area contributed by atoms with Crippen molar-refractivity contribution in [3.05, 3.63) is 29.8 Å². The van der Waals surface area contributed by atoms with E-state index in [4.69, 9.17) is 4.74 Å². The van der Waals surface area contributed by atoms with Crippen LogP contribution < -0.4 is 5.32 Å². The lowest BCUT2D eigenvalue weighted by atomic mass is 10.1. The van der Waals surface area contributed by atoms with E-state index in [-0.39, 0.29) is 12.2 Å². The molecule has 0 aliphatic heterocycles. The van der Waals surface area contributed by atoms with Gasteiger partial charge in [-0.05, 0) is 59.7 Å². The van der Waals surface area contributed by atoms with Crippen molar-refractivity contribution in [1.29, 1.82) is 0 Å². The molecule has 0 spiro atoms. The van der Waals surface area contributed by atoms with Gasteiger partial charge in [-0.15, -0.1) is 0 Å². The smallest absolute Gasteiger partial charge is 0.410 e. The minimum atomic E-state index is -0.595. The first-order chi connectivity index (χ1) is 10.4. The first kappa shape index (κ1) is 19.2. The second-order valence-corrected chi connectivity index (χ2v) is 7.35. The third kappa shape index (κ3) is 6.42. The lowest BCUT2D eigenvalue weighted by molar-refractivity contribution is 0.00749. The normalized spacial score (nSPS) is 12.0. The molecule has 0 aliphatic carbocycles. The summed E-state index contributed by atoms with van der Waals surface area (Å²) in [6, 6.07) is 3.21. The molecular weight excluding hydrogens is 302 g/mol. The highest BCUT2D eigenvalue weighted by Gasteiger charge is 2.30. The molecule has 0 aliphatic rings. The lowest BCUT2D eigenvalue weighted by Crippen LogP contribution is -2.49. The summed E-state index contributed by atoms with van der Waals surface area (Å²) in [6.07, 6.45) is -0.438. The molecule has 1 rings (SSSR count). The maximum absolute atomic E-state index is 13.6. The molecular formula is C17H26F2N2O2. The molecule has 23 heavy (non-hydrogen) atoms. The summed E-state index contributed by atoms with van der Waals surface area (Å²) in [6.45, 7) is 11.6. The number of rotatable bonds is 4. The Hall–Kier alpha value is -1.85. The van der Waals surface area contributed by atoms with Gasteiger partial charge in [-0.3, -0.25) is 0 Å². The van der Waals surface area contributed by atoms with Crippen molar-refractivity contribution in [2.24, 2.45) is 0 Å². The van der Waals surface area contributed by atoms with E-state index in [0.717, 1.165) is 18.2 Å². The van der Waals surface area contributed by atoms with E-state index in [0.29, 0.717) is 6.54 Å². The zero-order valence-electron chi connectivity index (χ0n) is 14.7. The maximum Gasteiger partial charge on any atom is 0.410 e. The number of benzene rings is 1. The Morgan fingerprint density at radius 3 is 2.30 bits per heavy atom. The Morgan fingerprint density at radius 1 is 1.17 bits per heavy atom. The van der Waals surface area contributed by atoms with Gasteiger partial charge in [0.05, 0.1) is 5.69 Å². The van der Waals surface area contributed by atoms with Crippen molar-refractivity contribution in [2.45, 2.75) is 52.7 Å². The Balaban J connectivity index is 2.72. The number of nitrogens with one attached hydrogen (secondary N) is 1. The zero-order valence-corrected chi connectivity index (χ0v) is 14.7. The van der Waals surface area contributed by atoms with Gasteiger partial charge in [0, 0.05) is 18.6 Å². The Labute approximate surface area is 136 Å². The number of hydrogen-bond donors (Lipinski definition) is 1. The van der Waals surface area contributed by atoms with Gasteiger partial charge in [0.15, 0.2) is 0 Å². The van der Waals surface area contributed by atoms with E-state index in [1.54, 1.807) is 25.7 Å². The standard InChI is InChI=1S/C17H26F2N2O2/c1-16(2,3)21(15(22)23-17(4,5)6)10-9-20-14-11-12(18)7-8-13(14)19/h7-8,11,20H,9-10H2,1-6H3. The summed E-state index contributed by atoms with van der Waals surface area (Å²) in [5, 5.41) is 2.81. The number of amides is 1. The van der Waals surface area contributed by atoms with Crippen LogP contribution in [0, 0.1) is 11.6 Å². The lowest BCUT2D eigenvalue weighted by Gasteiger charge is -2.37. The van der Waals surface area contributed by atoms with Gasteiger partial charge in [0.1, 0.15) is 17.2 Å². The summed E-state index contributed by atoms with van der Waals surface area (Å²) in [5.41, 5.74) is -0.976.